The number of carbonyl (C=O) groups excluding carboxylic acids is 2. The van der Waals surface area contributed by atoms with Crippen LogP contribution in [0.5, 0.6) is 28.7 Å². The maximum Gasteiger partial charge on any atom is 0.331 e. The molecule has 2 aromatic rings. The van der Waals surface area contributed by atoms with Crippen molar-refractivity contribution in [3.8, 4) is 28.7 Å². The summed E-state index contributed by atoms with van der Waals surface area (Å²) in [6.45, 7) is 2.40. The van der Waals surface area contributed by atoms with Crippen molar-refractivity contribution in [1.29, 1.82) is 0 Å². The van der Waals surface area contributed by atoms with Gasteiger partial charge in [0.05, 0.1) is 21.3 Å². The Morgan fingerprint density at radius 3 is 2.28 bits per heavy atom. The van der Waals surface area contributed by atoms with Gasteiger partial charge in [0.2, 0.25) is 0 Å². The van der Waals surface area contributed by atoms with E-state index in [1.54, 1.807) is 30.3 Å². The number of hydrogen-bond acceptors (Lipinski definition) is 8. The summed E-state index contributed by atoms with van der Waals surface area (Å²) in [5.41, 5.74) is 1.09. The number of esters is 1. The Morgan fingerprint density at radius 1 is 0.938 bits per heavy atom. The Balaban J connectivity index is 1.62. The number of fused-ring (bicyclic) bond motifs is 1. The molecule has 0 radical (unpaired) electrons. The summed E-state index contributed by atoms with van der Waals surface area (Å²) in [5.74, 6) is 1.45. The topological polar surface area (TPSA) is 102 Å². The largest absolute Gasteiger partial charge is 0.496 e. The van der Waals surface area contributed by atoms with Gasteiger partial charge in [0, 0.05) is 29.5 Å². The zero-order chi connectivity index (χ0) is 23.1. The molecular formula is C23H25NO8. The molecule has 0 saturated carbocycles. The van der Waals surface area contributed by atoms with E-state index in [0.717, 1.165) is 0 Å². The first-order valence-corrected chi connectivity index (χ1v) is 9.84. The molecule has 1 amide bonds. The van der Waals surface area contributed by atoms with Gasteiger partial charge in [0.1, 0.15) is 19.0 Å². The fourth-order valence-corrected chi connectivity index (χ4v) is 2.97. The molecule has 0 bridgehead atoms. The van der Waals surface area contributed by atoms with Crippen molar-refractivity contribution < 1.29 is 38.0 Å². The summed E-state index contributed by atoms with van der Waals surface area (Å²) in [6, 6.07) is 8.36. The van der Waals surface area contributed by atoms with E-state index in [4.69, 9.17) is 28.4 Å². The van der Waals surface area contributed by atoms with Crippen LogP contribution in [0.25, 0.3) is 6.08 Å². The minimum Gasteiger partial charge on any atom is -0.496 e. The van der Waals surface area contributed by atoms with Crippen LogP contribution in [0.15, 0.2) is 36.4 Å². The van der Waals surface area contributed by atoms with Crippen LogP contribution in [-0.4, -0.2) is 52.5 Å². The molecule has 1 atom stereocenters. The second kappa shape index (κ2) is 10.4. The van der Waals surface area contributed by atoms with Crippen LogP contribution in [-0.2, 0) is 14.3 Å². The van der Waals surface area contributed by atoms with Crippen LogP contribution in [0.2, 0.25) is 0 Å². The lowest BCUT2D eigenvalue weighted by Gasteiger charge is -2.19. The monoisotopic (exact) mass is 443 g/mol. The molecular weight excluding hydrogens is 418 g/mol. The summed E-state index contributed by atoms with van der Waals surface area (Å²) < 4.78 is 32.0. The maximum absolute atomic E-state index is 12.4. The number of hydrogen-bond donors (Lipinski definition) is 1. The normalized spacial score (nSPS) is 13.2. The Kier molecular flexibility index (Phi) is 7.43. The quantitative estimate of drug-likeness (QED) is 0.491. The van der Waals surface area contributed by atoms with E-state index in [0.29, 0.717) is 53.2 Å². The van der Waals surface area contributed by atoms with Crippen LogP contribution < -0.4 is 29.0 Å². The van der Waals surface area contributed by atoms with Gasteiger partial charge in [-0.2, -0.15) is 0 Å². The highest BCUT2D eigenvalue weighted by molar-refractivity contribution is 5.97. The fourth-order valence-electron chi connectivity index (χ4n) is 2.97. The number of nitrogens with one attached hydrogen (secondary N) is 1. The molecule has 0 aliphatic carbocycles. The number of anilines is 1. The van der Waals surface area contributed by atoms with Gasteiger partial charge in [-0.25, -0.2) is 4.79 Å². The number of carbonyl (C=O) groups is 2. The highest BCUT2D eigenvalue weighted by atomic mass is 16.6. The fraction of sp³-hybridized carbons (Fsp3) is 0.304. The number of rotatable bonds is 8. The molecule has 1 aliphatic heterocycles. The third-order valence-electron chi connectivity index (χ3n) is 4.61. The van der Waals surface area contributed by atoms with Crippen LogP contribution in [0, 0.1) is 0 Å². The van der Waals surface area contributed by atoms with Gasteiger partial charge >= 0.3 is 5.97 Å². The van der Waals surface area contributed by atoms with Gasteiger partial charge < -0.3 is 33.7 Å². The molecule has 32 heavy (non-hydrogen) atoms. The average Bonchev–Trinajstić information content (AvgIpc) is 2.81. The summed E-state index contributed by atoms with van der Waals surface area (Å²) in [6.07, 6.45) is 1.69. The van der Waals surface area contributed by atoms with Crippen molar-refractivity contribution in [3.05, 3.63) is 42.0 Å². The molecule has 1 N–H and O–H groups in total. The third-order valence-corrected chi connectivity index (χ3v) is 4.61. The zero-order valence-electron chi connectivity index (χ0n) is 18.3. The molecule has 1 unspecified atom stereocenters. The van der Waals surface area contributed by atoms with Crippen molar-refractivity contribution in [2.45, 2.75) is 13.0 Å². The Labute approximate surface area is 185 Å². The van der Waals surface area contributed by atoms with Crippen molar-refractivity contribution >= 4 is 23.6 Å². The molecule has 9 nitrogen and oxygen atoms in total. The van der Waals surface area contributed by atoms with Crippen molar-refractivity contribution in [1.82, 2.24) is 0 Å². The highest BCUT2D eigenvalue weighted by Gasteiger charge is 2.19. The van der Waals surface area contributed by atoms with E-state index in [9.17, 15) is 9.59 Å². The molecule has 1 aliphatic rings. The van der Waals surface area contributed by atoms with Crippen LogP contribution in [0.4, 0.5) is 5.69 Å². The van der Waals surface area contributed by atoms with Gasteiger partial charge in [0.25, 0.3) is 5.91 Å². The Morgan fingerprint density at radius 2 is 1.59 bits per heavy atom. The summed E-state index contributed by atoms with van der Waals surface area (Å²) in [7, 11) is 4.52. The maximum atomic E-state index is 12.4. The lowest BCUT2D eigenvalue weighted by Crippen LogP contribution is -2.29. The SMILES string of the molecule is COc1cc(OC)c(OC)cc1/C=C/C(=O)OC(C)C(=O)Nc1ccc2c(c1)OCCO2. The lowest BCUT2D eigenvalue weighted by molar-refractivity contribution is -0.148. The Bertz CT molecular complexity index is 1020. The highest BCUT2D eigenvalue weighted by Crippen LogP contribution is 2.35. The number of benzene rings is 2. The lowest BCUT2D eigenvalue weighted by atomic mass is 10.1. The second-order valence-corrected chi connectivity index (χ2v) is 6.71. The summed E-state index contributed by atoms with van der Waals surface area (Å²) in [4.78, 5) is 24.6. The van der Waals surface area contributed by atoms with Gasteiger partial charge in [-0.15, -0.1) is 0 Å². The molecule has 2 aromatic carbocycles. The van der Waals surface area contributed by atoms with E-state index < -0.39 is 18.0 Å². The van der Waals surface area contributed by atoms with Gasteiger partial charge in [-0.3, -0.25) is 4.79 Å². The first kappa shape index (κ1) is 22.8. The molecule has 0 saturated heterocycles. The Hall–Kier alpha value is -3.88. The molecule has 0 aromatic heterocycles. The average molecular weight is 443 g/mol. The zero-order valence-corrected chi connectivity index (χ0v) is 18.3. The molecule has 0 fully saturated rings. The number of ether oxygens (including phenoxy) is 6. The summed E-state index contributed by atoms with van der Waals surface area (Å²) in [5, 5.41) is 2.69. The van der Waals surface area contributed by atoms with E-state index >= 15 is 0 Å². The second-order valence-electron chi connectivity index (χ2n) is 6.71. The van der Waals surface area contributed by atoms with Gasteiger partial charge in [0.15, 0.2) is 29.1 Å². The van der Waals surface area contributed by atoms with E-state index in [2.05, 4.69) is 5.32 Å². The molecule has 3 rings (SSSR count). The van der Waals surface area contributed by atoms with Crippen molar-refractivity contribution in [2.75, 3.05) is 39.9 Å². The number of amides is 1. The molecule has 170 valence electrons. The van der Waals surface area contributed by atoms with E-state index in [1.807, 2.05) is 0 Å². The predicted octanol–water partition coefficient (Wildman–Crippen LogP) is 3.07. The molecule has 9 heteroatoms. The first-order valence-electron chi connectivity index (χ1n) is 9.84. The van der Waals surface area contributed by atoms with Gasteiger partial charge in [-0.1, -0.05) is 0 Å². The number of methoxy groups -OCH3 is 3. The summed E-state index contributed by atoms with van der Waals surface area (Å²) >= 11 is 0. The van der Waals surface area contributed by atoms with Gasteiger partial charge in [-0.05, 0) is 31.2 Å². The van der Waals surface area contributed by atoms with Crippen LogP contribution in [0.1, 0.15) is 12.5 Å². The molecule has 0 spiro atoms. The smallest absolute Gasteiger partial charge is 0.331 e. The molecule has 1 heterocycles. The minimum atomic E-state index is -1.02. The van der Waals surface area contributed by atoms with E-state index in [1.165, 1.54) is 40.4 Å². The van der Waals surface area contributed by atoms with Crippen LogP contribution in [0.3, 0.4) is 0 Å². The standard InChI is InChI=1S/C23H25NO8/c1-14(23(26)24-16-6-7-17-21(12-16)31-10-9-30-17)32-22(25)8-5-15-11-19(28-3)20(29-4)13-18(15)27-2/h5-8,11-14H,9-10H2,1-4H3,(H,24,26)/b8-5+. The van der Waals surface area contributed by atoms with Crippen molar-refractivity contribution in [3.63, 3.8) is 0 Å². The van der Waals surface area contributed by atoms with E-state index in [-0.39, 0.29) is 0 Å². The first-order chi connectivity index (χ1) is 15.4. The van der Waals surface area contributed by atoms with Crippen LogP contribution >= 0.6 is 0 Å². The predicted molar refractivity (Wildman–Crippen MR) is 117 cm³/mol. The third kappa shape index (κ3) is 5.42. The minimum absolute atomic E-state index is 0.440. The van der Waals surface area contributed by atoms with Crippen molar-refractivity contribution in [2.24, 2.45) is 0 Å².